The van der Waals surface area contributed by atoms with Crippen LogP contribution in [0.3, 0.4) is 0 Å². The molecule has 1 aliphatic rings. The summed E-state index contributed by atoms with van der Waals surface area (Å²) in [7, 11) is 2.15. The zero-order valence-corrected chi connectivity index (χ0v) is 12.4. The third-order valence-electron chi connectivity index (χ3n) is 4.40. The molecule has 1 saturated carbocycles. The Labute approximate surface area is 118 Å². The van der Waals surface area contributed by atoms with E-state index < -0.39 is 0 Å². The van der Waals surface area contributed by atoms with Crippen molar-refractivity contribution in [2.45, 2.75) is 44.9 Å². The predicted octanol–water partition coefficient (Wildman–Crippen LogP) is 3.77. The van der Waals surface area contributed by atoms with Crippen LogP contribution in [0.2, 0.25) is 0 Å². The molecule has 2 rings (SSSR count). The van der Waals surface area contributed by atoms with Gasteiger partial charge < -0.3 is 10.6 Å². The Balaban J connectivity index is 1.97. The van der Waals surface area contributed by atoms with Crippen molar-refractivity contribution in [3.05, 3.63) is 29.8 Å². The van der Waals surface area contributed by atoms with Crippen LogP contribution in [0.15, 0.2) is 24.3 Å². The van der Waals surface area contributed by atoms with Crippen molar-refractivity contribution in [1.29, 1.82) is 0 Å². The van der Waals surface area contributed by atoms with Crippen LogP contribution in [0.5, 0.6) is 0 Å². The molecular formula is C17H28N2. The second-order valence-electron chi connectivity index (χ2n) is 6.15. The second kappa shape index (κ2) is 6.95. The van der Waals surface area contributed by atoms with E-state index in [-0.39, 0.29) is 0 Å². The van der Waals surface area contributed by atoms with Gasteiger partial charge in [-0.2, -0.15) is 0 Å². The number of hydrogen-bond donors (Lipinski definition) is 1. The summed E-state index contributed by atoms with van der Waals surface area (Å²) in [4.78, 5) is 2.31. The first-order chi connectivity index (χ1) is 9.20. The molecule has 1 aromatic rings. The minimum Gasteiger partial charge on any atom is -0.374 e. The number of anilines is 1. The van der Waals surface area contributed by atoms with E-state index in [1.54, 1.807) is 0 Å². The highest BCUT2D eigenvalue weighted by Crippen LogP contribution is 2.33. The van der Waals surface area contributed by atoms with Gasteiger partial charge >= 0.3 is 0 Å². The van der Waals surface area contributed by atoms with Gasteiger partial charge in [-0.3, -0.25) is 0 Å². The molecule has 19 heavy (non-hydrogen) atoms. The lowest BCUT2D eigenvalue weighted by Crippen LogP contribution is -2.28. The highest BCUT2D eigenvalue weighted by atomic mass is 15.1. The molecule has 0 aliphatic heterocycles. The Bertz CT molecular complexity index is 365. The third-order valence-corrected chi connectivity index (χ3v) is 4.40. The first-order valence-electron chi connectivity index (χ1n) is 7.72. The van der Waals surface area contributed by atoms with E-state index in [4.69, 9.17) is 5.73 Å². The summed E-state index contributed by atoms with van der Waals surface area (Å²) in [5.74, 6) is 1.35. The van der Waals surface area contributed by atoms with E-state index in [2.05, 4.69) is 43.1 Å². The van der Waals surface area contributed by atoms with Gasteiger partial charge in [-0.25, -0.2) is 0 Å². The van der Waals surface area contributed by atoms with Gasteiger partial charge in [0.1, 0.15) is 0 Å². The van der Waals surface area contributed by atoms with Crippen LogP contribution in [0.4, 0.5) is 5.69 Å². The molecule has 1 aromatic carbocycles. The molecule has 0 saturated heterocycles. The van der Waals surface area contributed by atoms with Gasteiger partial charge in [0.15, 0.2) is 0 Å². The lowest BCUT2D eigenvalue weighted by molar-refractivity contribution is 0.443. The monoisotopic (exact) mass is 260 g/mol. The molecule has 1 fully saturated rings. The highest BCUT2D eigenvalue weighted by Gasteiger charge is 2.15. The minimum atomic E-state index is 0.544. The average Bonchev–Trinajstić information content (AvgIpc) is 2.48. The molecule has 2 nitrogen and oxygen atoms in total. The third kappa shape index (κ3) is 3.97. The van der Waals surface area contributed by atoms with Crippen LogP contribution < -0.4 is 10.6 Å². The molecule has 0 radical (unpaired) electrons. The minimum absolute atomic E-state index is 0.544. The lowest BCUT2D eigenvalue weighted by atomic mass is 9.84. The summed E-state index contributed by atoms with van der Waals surface area (Å²) in [6.07, 6.45) is 6.98. The largest absolute Gasteiger partial charge is 0.374 e. The summed E-state index contributed by atoms with van der Waals surface area (Å²) in [6.45, 7) is 3.98. The summed E-state index contributed by atoms with van der Waals surface area (Å²) in [6, 6.07) is 9.20. The van der Waals surface area contributed by atoms with Gasteiger partial charge in [-0.15, -0.1) is 0 Å². The smallest absolute Gasteiger partial charge is 0.0363 e. The number of rotatable bonds is 5. The van der Waals surface area contributed by atoms with Gasteiger partial charge in [0, 0.05) is 19.3 Å². The Morgan fingerprint density at radius 3 is 2.37 bits per heavy atom. The summed E-state index contributed by atoms with van der Waals surface area (Å²) < 4.78 is 0. The summed E-state index contributed by atoms with van der Waals surface area (Å²) >= 11 is 0. The van der Waals surface area contributed by atoms with Gasteiger partial charge in [-0.1, -0.05) is 38.3 Å². The van der Waals surface area contributed by atoms with E-state index in [0.717, 1.165) is 19.0 Å². The Morgan fingerprint density at radius 1 is 1.16 bits per heavy atom. The Hall–Kier alpha value is -1.02. The quantitative estimate of drug-likeness (QED) is 0.873. The van der Waals surface area contributed by atoms with Crippen molar-refractivity contribution in [2.75, 3.05) is 25.0 Å². The topological polar surface area (TPSA) is 29.3 Å². The summed E-state index contributed by atoms with van der Waals surface area (Å²) in [5.41, 5.74) is 8.53. The van der Waals surface area contributed by atoms with E-state index in [9.17, 15) is 0 Å². The number of nitrogens with two attached hydrogens (primary N) is 1. The van der Waals surface area contributed by atoms with Crippen LogP contribution in [-0.4, -0.2) is 20.1 Å². The molecule has 2 N–H and O–H groups in total. The van der Waals surface area contributed by atoms with Crippen molar-refractivity contribution in [2.24, 2.45) is 11.7 Å². The average molecular weight is 260 g/mol. The fraction of sp³-hybridized carbons (Fsp3) is 0.647. The molecule has 106 valence electrons. The SMILES string of the molecule is CC(CN)CN(C)c1ccc(C2CCCCC2)cc1. The fourth-order valence-electron chi connectivity index (χ4n) is 3.08. The van der Waals surface area contributed by atoms with E-state index in [1.165, 1.54) is 43.4 Å². The van der Waals surface area contributed by atoms with Crippen LogP contribution in [0, 0.1) is 5.92 Å². The zero-order valence-electron chi connectivity index (χ0n) is 12.4. The first kappa shape index (κ1) is 14.4. The van der Waals surface area contributed by atoms with Gasteiger partial charge in [-0.05, 0) is 48.9 Å². The maximum atomic E-state index is 5.69. The molecule has 1 atom stereocenters. The Morgan fingerprint density at radius 2 is 1.79 bits per heavy atom. The van der Waals surface area contributed by atoms with Gasteiger partial charge in [0.05, 0.1) is 0 Å². The highest BCUT2D eigenvalue weighted by molar-refractivity contribution is 5.47. The van der Waals surface area contributed by atoms with Crippen LogP contribution in [0.1, 0.15) is 50.5 Å². The summed E-state index contributed by atoms with van der Waals surface area (Å²) in [5, 5.41) is 0. The number of nitrogens with zero attached hydrogens (tertiary/aromatic N) is 1. The Kier molecular flexibility index (Phi) is 5.26. The molecule has 0 amide bonds. The first-order valence-corrected chi connectivity index (χ1v) is 7.72. The molecule has 0 heterocycles. The normalized spacial score (nSPS) is 18.3. The fourth-order valence-corrected chi connectivity index (χ4v) is 3.08. The van der Waals surface area contributed by atoms with Crippen LogP contribution in [-0.2, 0) is 0 Å². The maximum Gasteiger partial charge on any atom is 0.0363 e. The molecule has 0 aromatic heterocycles. The van der Waals surface area contributed by atoms with Crippen molar-refractivity contribution < 1.29 is 0 Å². The van der Waals surface area contributed by atoms with Crippen molar-refractivity contribution in [1.82, 2.24) is 0 Å². The van der Waals surface area contributed by atoms with Crippen molar-refractivity contribution in [3.8, 4) is 0 Å². The molecular weight excluding hydrogens is 232 g/mol. The predicted molar refractivity (Wildman–Crippen MR) is 83.8 cm³/mol. The molecule has 2 heteroatoms. The zero-order chi connectivity index (χ0) is 13.7. The van der Waals surface area contributed by atoms with E-state index in [0.29, 0.717) is 5.92 Å². The second-order valence-corrected chi connectivity index (χ2v) is 6.15. The van der Waals surface area contributed by atoms with E-state index in [1.807, 2.05) is 0 Å². The molecule has 1 aliphatic carbocycles. The van der Waals surface area contributed by atoms with Crippen LogP contribution >= 0.6 is 0 Å². The van der Waals surface area contributed by atoms with Crippen LogP contribution in [0.25, 0.3) is 0 Å². The lowest BCUT2D eigenvalue weighted by Gasteiger charge is -2.25. The standard InChI is InChI=1S/C17H28N2/c1-14(12-18)13-19(2)17-10-8-16(9-11-17)15-6-4-3-5-7-15/h8-11,14-15H,3-7,12-13,18H2,1-2H3. The van der Waals surface area contributed by atoms with Crippen molar-refractivity contribution in [3.63, 3.8) is 0 Å². The number of benzene rings is 1. The molecule has 0 spiro atoms. The van der Waals surface area contributed by atoms with E-state index >= 15 is 0 Å². The van der Waals surface area contributed by atoms with Crippen molar-refractivity contribution >= 4 is 5.69 Å². The number of hydrogen-bond acceptors (Lipinski definition) is 2. The maximum absolute atomic E-state index is 5.69. The van der Waals surface area contributed by atoms with Gasteiger partial charge in [0.2, 0.25) is 0 Å². The van der Waals surface area contributed by atoms with Gasteiger partial charge in [0.25, 0.3) is 0 Å². The molecule has 1 unspecified atom stereocenters. The molecule has 0 bridgehead atoms.